The van der Waals surface area contributed by atoms with E-state index in [4.69, 9.17) is 11.6 Å². The molecule has 0 spiro atoms. The van der Waals surface area contributed by atoms with Crippen molar-refractivity contribution in [3.8, 4) is 0 Å². The molecule has 0 radical (unpaired) electrons. The molecule has 7 nitrogen and oxygen atoms in total. The number of sulfonamides is 1. The first-order valence-corrected chi connectivity index (χ1v) is 9.67. The quantitative estimate of drug-likeness (QED) is 0.826. The van der Waals surface area contributed by atoms with Crippen molar-refractivity contribution in [2.75, 3.05) is 0 Å². The van der Waals surface area contributed by atoms with Gasteiger partial charge in [0.15, 0.2) is 5.69 Å². The van der Waals surface area contributed by atoms with E-state index in [-0.39, 0.29) is 10.6 Å². The Morgan fingerprint density at radius 2 is 2.04 bits per heavy atom. The first-order valence-electron chi connectivity index (χ1n) is 7.80. The first kappa shape index (κ1) is 17.9. The van der Waals surface area contributed by atoms with Gasteiger partial charge in [-0.1, -0.05) is 36.6 Å². The predicted molar refractivity (Wildman–Crippen MR) is 92.1 cm³/mol. The number of hydrogen-bond acceptors (Lipinski definition) is 4. The lowest BCUT2D eigenvalue weighted by molar-refractivity contribution is 0.0680. The van der Waals surface area contributed by atoms with Gasteiger partial charge in [0.2, 0.25) is 10.0 Å². The van der Waals surface area contributed by atoms with Gasteiger partial charge in [-0.25, -0.2) is 17.9 Å². The zero-order valence-electron chi connectivity index (χ0n) is 13.6. The molecule has 1 saturated carbocycles. The van der Waals surface area contributed by atoms with Crippen LogP contribution in [-0.2, 0) is 22.6 Å². The summed E-state index contributed by atoms with van der Waals surface area (Å²) in [6, 6.07) is 7.09. The molecule has 134 valence electrons. The SMILES string of the molecule is Cn1ncc(S(=O)(=O)NC2(c3cccc(Cl)c3)CCCC2)c1C(=O)O. The fraction of sp³-hybridized carbons (Fsp3) is 0.375. The molecule has 1 aliphatic rings. The lowest BCUT2D eigenvalue weighted by Gasteiger charge is -2.30. The Hall–Kier alpha value is -1.90. The van der Waals surface area contributed by atoms with Crippen molar-refractivity contribution in [3.05, 3.63) is 46.7 Å². The van der Waals surface area contributed by atoms with Crippen LogP contribution >= 0.6 is 11.6 Å². The van der Waals surface area contributed by atoms with E-state index in [0.29, 0.717) is 17.9 Å². The average molecular weight is 384 g/mol. The number of benzene rings is 1. The summed E-state index contributed by atoms with van der Waals surface area (Å²) in [6.45, 7) is 0. The first-order chi connectivity index (χ1) is 11.8. The van der Waals surface area contributed by atoms with Gasteiger partial charge >= 0.3 is 5.97 Å². The molecule has 0 amide bonds. The smallest absolute Gasteiger partial charge is 0.355 e. The van der Waals surface area contributed by atoms with Crippen LogP contribution in [0.15, 0.2) is 35.4 Å². The molecule has 0 saturated heterocycles. The van der Waals surface area contributed by atoms with Crippen LogP contribution in [-0.4, -0.2) is 29.3 Å². The van der Waals surface area contributed by atoms with E-state index in [2.05, 4.69) is 9.82 Å². The molecule has 1 heterocycles. The van der Waals surface area contributed by atoms with Crippen molar-refractivity contribution in [2.45, 2.75) is 36.1 Å². The topological polar surface area (TPSA) is 101 Å². The predicted octanol–water partition coefficient (Wildman–Crippen LogP) is 2.52. The lowest BCUT2D eigenvalue weighted by Crippen LogP contribution is -2.44. The summed E-state index contributed by atoms with van der Waals surface area (Å²) in [7, 11) is -2.68. The van der Waals surface area contributed by atoms with Crippen LogP contribution in [0.2, 0.25) is 5.02 Å². The Balaban J connectivity index is 2.05. The van der Waals surface area contributed by atoms with Crippen molar-refractivity contribution in [3.63, 3.8) is 0 Å². The Labute approximate surface area is 150 Å². The highest BCUT2D eigenvalue weighted by Crippen LogP contribution is 2.40. The summed E-state index contributed by atoms with van der Waals surface area (Å²) in [5, 5.41) is 13.6. The van der Waals surface area contributed by atoms with Crippen LogP contribution in [0.4, 0.5) is 0 Å². The van der Waals surface area contributed by atoms with Crippen LogP contribution in [0.5, 0.6) is 0 Å². The van der Waals surface area contributed by atoms with Gasteiger partial charge in [0, 0.05) is 12.1 Å². The molecule has 9 heteroatoms. The van der Waals surface area contributed by atoms with Crippen LogP contribution < -0.4 is 4.72 Å². The highest BCUT2D eigenvalue weighted by molar-refractivity contribution is 7.89. The number of rotatable bonds is 5. The molecule has 1 aromatic heterocycles. The summed E-state index contributed by atoms with van der Waals surface area (Å²) in [5.74, 6) is -1.34. The second-order valence-electron chi connectivity index (χ2n) is 6.19. The average Bonchev–Trinajstić information content (AvgIpc) is 3.14. The maximum Gasteiger partial charge on any atom is 0.355 e. The number of nitrogens with one attached hydrogen (secondary N) is 1. The number of carboxylic acid groups (broad SMARTS) is 1. The van der Waals surface area contributed by atoms with E-state index in [1.165, 1.54) is 7.05 Å². The molecule has 1 aromatic carbocycles. The van der Waals surface area contributed by atoms with E-state index in [1.807, 2.05) is 6.07 Å². The number of aromatic nitrogens is 2. The molecular formula is C16H18ClN3O4S. The minimum absolute atomic E-state index is 0.337. The molecule has 25 heavy (non-hydrogen) atoms. The molecular weight excluding hydrogens is 366 g/mol. The van der Waals surface area contributed by atoms with Crippen molar-refractivity contribution >= 4 is 27.6 Å². The highest BCUT2D eigenvalue weighted by Gasteiger charge is 2.41. The van der Waals surface area contributed by atoms with E-state index in [9.17, 15) is 18.3 Å². The van der Waals surface area contributed by atoms with Crippen LogP contribution in [0.1, 0.15) is 41.7 Å². The van der Waals surface area contributed by atoms with E-state index in [0.717, 1.165) is 29.3 Å². The molecule has 0 atom stereocenters. The second-order valence-corrected chi connectivity index (χ2v) is 8.28. The summed E-state index contributed by atoms with van der Waals surface area (Å²) in [6.07, 6.45) is 4.04. The minimum atomic E-state index is -4.08. The number of carboxylic acids is 1. The fourth-order valence-corrected chi connectivity index (χ4v) is 5.18. The summed E-state index contributed by atoms with van der Waals surface area (Å²) in [5.41, 5.74) is -0.386. The lowest BCUT2D eigenvalue weighted by atomic mass is 9.89. The van der Waals surface area contributed by atoms with Crippen LogP contribution in [0.25, 0.3) is 0 Å². The molecule has 1 fully saturated rings. The Morgan fingerprint density at radius 3 is 2.64 bits per heavy atom. The van der Waals surface area contributed by atoms with Crippen molar-refractivity contribution in [1.29, 1.82) is 0 Å². The Kier molecular flexibility index (Phi) is 4.61. The van der Waals surface area contributed by atoms with Gasteiger partial charge in [-0.05, 0) is 30.5 Å². The standard InChI is InChI=1S/C16H18ClN3O4S/c1-20-14(15(21)22)13(10-18-20)25(23,24)19-16(7-2-3-8-16)11-5-4-6-12(17)9-11/h4-6,9-10,19H,2-3,7-8H2,1H3,(H,21,22). The summed E-state index contributed by atoms with van der Waals surface area (Å²) in [4.78, 5) is 11.1. The van der Waals surface area contributed by atoms with Gasteiger partial charge < -0.3 is 5.11 Å². The molecule has 2 aromatic rings. The molecule has 0 unspecified atom stereocenters. The Bertz CT molecular complexity index is 917. The third-order valence-electron chi connectivity index (χ3n) is 4.56. The number of hydrogen-bond donors (Lipinski definition) is 2. The van der Waals surface area contributed by atoms with Crippen LogP contribution in [0.3, 0.4) is 0 Å². The number of carbonyl (C=O) groups is 1. The molecule has 0 aliphatic heterocycles. The fourth-order valence-electron chi connectivity index (χ4n) is 3.38. The van der Waals surface area contributed by atoms with Gasteiger partial charge in [0.05, 0.1) is 11.7 Å². The summed E-state index contributed by atoms with van der Waals surface area (Å²) >= 11 is 6.08. The number of halogens is 1. The zero-order valence-corrected chi connectivity index (χ0v) is 15.1. The number of aryl methyl sites for hydroxylation is 1. The van der Waals surface area contributed by atoms with Gasteiger partial charge in [-0.15, -0.1) is 0 Å². The maximum atomic E-state index is 12.9. The van der Waals surface area contributed by atoms with Gasteiger partial charge in [0.25, 0.3) is 0 Å². The normalized spacial score (nSPS) is 16.9. The summed E-state index contributed by atoms with van der Waals surface area (Å²) < 4.78 is 29.6. The Morgan fingerprint density at radius 1 is 1.36 bits per heavy atom. The third kappa shape index (κ3) is 3.29. The van der Waals surface area contributed by atoms with E-state index < -0.39 is 21.5 Å². The third-order valence-corrected chi connectivity index (χ3v) is 6.33. The zero-order chi connectivity index (χ0) is 18.2. The van der Waals surface area contributed by atoms with Gasteiger partial charge in [-0.3, -0.25) is 4.68 Å². The maximum absolute atomic E-state index is 12.9. The highest BCUT2D eigenvalue weighted by atomic mass is 35.5. The molecule has 0 bridgehead atoms. The molecule has 2 N–H and O–H groups in total. The monoisotopic (exact) mass is 383 g/mol. The largest absolute Gasteiger partial charge is 0.476 e. The number of aromatic carboxylic acids is 1. The number of nitrogens with zero attached hydrogens (tertiary/aromatic N) is 2. The van der Waals surface area contributed by atoms with E-state index in [1.54, 1.807) is 18.2 Å². The molecule has 1 aliphatic carbocycles. The van der Waals surface area contributed by atoms with Crippen molar-refractivity contribution in [1.82, 2.24) is 14.5 Å². The van der Waals surface area contributed by atoms with Crippen molar-refractivity contribution in [2.24, 2.45) is 7.05 Å². The second kappa shape index (κ2) is 6.44. The van der Waals surface area contributed by atoms with E-state index >= 15 is 0 Å². The minimum Gasteiger partial charge on any atom is -0.476 e. The van der Waals surface area contributed by atoms with Crippen molar-refractivity contribution < 1.29 is 18.3 Å². The van der Waals surface area contributed by atoms with Gasteiger partial charge in [-0.2, -0.15) is 5.10 Å². The molecule has 3 rings (SSSR count). The van der Waals surface area contributed by atoms with Crippen LogP contribution in [0, 0.1) is 0 Å². The van der Waals surface area contributed by atoms with Gasteiger partial charge in [0.1, 0.15) is 4.90 Å².